The summed E-state index contributed by atoms with van der Waals surface area (Å²) in [5.74, 6) is 0.881. The van der Waals surface area contributed by atoms with E-state index in [0.717, 1.165) is 11.0 Å². The smallest absolute Gasteiger partial charge is 0.255 e. The van der Waals surface area contributed by atoms with Crippen LogP contribution in [-0.4, -0.2) is 15.5 Å². The number of sulfonamides is 1. The molecule has 156 valence electrons. The molecule has 0 spiro atoms. The average Bonchev–Trinajstić information content (AvgIpc) is 2.71. The fraction of sp³-hybridized carbons (Fsp3) is 0.0909. The van der Waals surface area contributed by atoms with E-state index in [2.05, 4.69) is 4.72 Å². The van der Waals surface area contributed by atoms with E-state index in [-0.39, 0.29) is 0 Å². The maximum atomic E-state index is 12.4. The molecule has 3 rings (SSSR count). The van der Waals surface area contributed by atoms with Crippen molar-refractivity contribution in [3.05, 3.63) is 93.3 Å². The third-order valence-corrected chi connectivity index (χ3v) is 5.48. The first kappa shape index (κ1) is 22.0. The van der Waals surface area contributed by atoms with Crippen LogP contribution in [0.2, 0.25) is 10.0 Å². The van der Waals surface area contributed by atoms with Crippen molar-refractivity contribution in [3.63, 3.8) is 0 Å². The van der Waals surface area contributed by atoms with Gasteiger partial charge < -0.3 is 9.47 Å². The van der Waals surface area contributed by atoms with Crippen LogP contribution in [0.15, 0.2) is 72.1 Å². The molecule has 0 aliphatic carbocycles. The maximum Gasteiger partial charge on any atom is 0.255 e. The Labute approximate surface area is 185 Å². The van der Waals surface area contributed by atoms with Crippen LogP contribution < -0.4 is 14.2 Å². The number of ether oxygens (including phenoxy) is 2. The van der Waals surface area contributed by atoms with Gasteiger partial charge in [0, 0.05) is 16.1 Å². The van der Waals surface area contributed by atoms with E-state index in [1.54, 1.807) is 48.5 Å². The zero-order chi connectivity index (χ0) is 21.6. The SMILES string of the molecule is COc1cc(NS(=O)(=O)/C=C/c2cccc(Cl)c2)ccc1OCc1cccc(Cl)c1. The predicted molar refractivity (Wildman–Crippen MR) is 122 cm³/mol. The lowest BCUT2D eigenvalue weighted by molar-refractivity contribution is 0.284. The first-order valence-electron chi connectivity index (χ1n) is 8.86. The molecule has 0 saturated heterocycles. The van der Waals surface area contributed by atoms with E-state index in [0.29, 0.717) is 39.4 Å². The van der Waals surface area contributed by atoms with Gasteiger partial charge in [-0.15, -0.1) is 0 Å². The van der Waals surface area contributed by atoms with Crippen molar-refractivity contribution in [2.75, 3.05) is 11.8 Å². The number of halogens is 2. The molecule has 3 aromatic carbocycles. The molecule has 3 aromatic rings. The van der Waals surface area contributed by atoms with Crippen LogP contribution in [-0.2, 0) is 16.6 Å². The minimum absolute atomic E-state index is 0.296. The monoisotopic (exact) mass is 463 g/mol. The van der Waals surface area contributed by atoms with Crippen LogP contribution >= 0.6 is 23.2 Å². The zero-order valence-corrected chi connectivity index (χ0v) is 18.3. The minimum atomic E-state index is -3.73. The van der Waals surface area contributed by atoms with Gasteiger partial charge in [-0.05, 0) is 53.6 Å². The molecule has 0 fully saturated rings. The van der Waals surface area contributed by atoms with Gasteiger partial charge in [0.25, 0.3) is 10.0 Å². The Morgan fingerprint density at radius 3 is 2.37 bits per heavy atom. The molecule has 0 heterocycles. The summed E-state index contributed by atoms with van der Waals surface area (Å²) in [6.07, 6.45) is 1.47. The highest BCUT2D eigenvalue weighted by Gasteiger charge is 2.11. The van der Waals surface area contributed by atoms with Crippen molar-refractivity contribution >= 4 is 45.0 Å². The Kier molecular flexibility index (Phi) is 7.26. The number of hydrogen-bond acceptors (Lipinski definition) is 4. The highest BCUT2D eigenvalue weighted by molar-refractivity contribution is 7.95. The van der Waals surface area contributed by atoms with Crippen molar-refractivity contribution in [3.8, 4) is 11.5 Å². The molecule has 0 atom stereocenters. The number of nitrogens with one attached hydrogen (secondary N) is 1. The molecular formula is C22H19Cl2NO4S. The van der Waals surface area contributed by atoms with Gasteiger partial charge in [0.1, 0.15) is 6.61 Å². The number of methoxy groups -OCH3 is 1. The van der Waals surface area contributed by atoms with Crippen molar-refractivity contribution in [2.24, 2.45) is 0 Å². The summed E-state index contributed by atoms with van der Waals surface area (Å²) in [7, 11) is -2.24. The van der Waals surface area contributed by atoms with Gasteiger partial charge in [0.15, 0.2) is 11.5 Å². The van der Waals surface area contributed by atoms with Crippen LogP contribution in [0.3, 0.4) is 0 Å². The van der Waals surface area contributed by atoms with E-state index in [9.17, 15) is 8.42 Å². The largest absolute Gasteiger partial charge is 0.493 e. The first-order chi connectivity index (χ1) is 14.3. The van der Waals surface area contributed by atoms with Crippen LogP contribution in [0.1, 0.15) is 11.1 Å². The fourth-order valence-corrected chi connectivity index (χ4v) is 3.89. The highest BCUT2D eigenvalue weighted by atomic mass is 35.5. The molecule has 0 unspecified atom stereocenters. The summed E-state index contributed by atoms with van der Waals surface area (Å²) in [5, 5.41) is 2.23. The number of benzene rings is 3. The molecule has 0 aromatic heterocycles. The summed E-state index contributed by atoms with van der Waals surface area (Å²) < 4.78 is 38.3. The standard InChI is InChI=1S/C22H19Cl2NO4S/c1-28-22-14-20(8-9-21(22)29-15-17-5-3-7-19(24)13-17)25-30(26,27)11-10-16-4-2-6-18(23)12-16/h2-14,25H,15H2,1H3/b11-10+. The van der Waals surface area contributed by atoms with Crippen LogP contribution in [0, 0.1) is 0 Å². The highest BCUT2D eigenvalue weighted by Crippen LogP contribution is 2.31. The molecule has 0 radical (unpaired) electrons. The Morgan fingerprint density at radius 1 is 0.933 bits per heavy atom. The Morgan fingerprint density at radius 2 is 1.67 bits per heavy atom. The lowest BCUT2D eigenvalue weighted by atomic mass is 10.2. The molecule has 30 heavy (non-hydrogen) atoms. The average molecular weight is 464 g/mol. The fourth-order valence-electron chi connectivity index (χ4n) is 2.61. The molecule has 0 amide bonds. The third kappa shape index (κ3) is 6.42. The molecule has 0 aliphatic rings. The van der Waals surface area contributed by atoms with Gasteiger partial charge >= 0.3 is 0 Å². The normalized spacial score (nSPS) is 11.4. The quantitative estimate of drug-likeness (QED) is 0.445. The summed E-state index contributed by atoms with van der Waals surface area (Å²) in [6, 6.07) is 19.0. The minimum Gasteiger partial charge on any atom is -0.493 e. The second kappa shape index (κ2) is 9.89. The van der Waals surface area contributed by atoms with E-state index in [4.69, 9.17) is 32.7 Å². The number of rotatable bonds is 8. The molecule has 8 heteroatoms. The van der Waals surface area contributed by atoms with Crippen molar-refractivity contribution in [2.45, 2.75) is 6.61 Å². The van der Waals surface area contributed by atoms with E-state index >= 15 is 0 Å². The summed E-state index contributed by atoms with van der Waals surface area (Å²) in [4.78, 5) is 0. The van der Waals surface area contributed by atoms with Crippen molar-refractivity contribution in [1.82, 2.24) is 0 Å². The first-order valence-corrected chi connectivity index (χ1v) is 11.2. The van der Waals surface area contributed by atoms with Crippen LogP contribution in [0.25, 0.3) is 6.08 Å². The predicted octanol–water partition coefficient (Wildman–Crippen LogP) is 5.99. The van der Waals surface area contributed by atoms with Crippen molar-refractivity contribution < 1.29 is 17.9 Å². The number of hydrogen-bond donors (Lipinski definition) is 1. The summed E-state index contributed by atoms with van der Waals surface area (Å²) >= 11 is 11.9. The second-order valence-corrected chi connectivity index (χ2v) is 8.73. The Bertz CT molecular complexity index is 1160. The van der Waals surface area contributed by atoms with Gasteiger partial charge in [-0.25, -0.2) is 8.42 Å². The zero-order valence-electron chi connectivity index (χ0n) is 16.0. The van der Waals surface area contributed by atoms with Gasteiger partial charge in [-0.1, -0.05) is 47.5 Å². The topological polar surface area (TPSA) is 64.6 Å². The maximum absolute atomic E-state index is 12.4. The lowest BCUT2D eigenvalue weighted by Crippen LogP contribution is -2.09. The van der Waals surface area contributed by atoms with Gasteiger partial charge in [0.05, 0.1) is 18.2 Å². The lowest BCUT2D eigenvalue weighted by Gasteiger charge is -2.13. The molecule has 0 aliphatic heterocycles. The number of anilines is 1. The van der Waals surface area contributed by atoms with Gasteiger partial charge in [-0.2, -0.15) is 0 Å². The Balaban J connectivity index is 1.70. The Hall–Kier alpha value is -2.67. The van der Waals surface area contributed by atoms with Crippen LogP contribution in [0.4, 0.5) is 5.69 Å². The third-order valence-electron chi connectivity index (χ3n) is 4.00. The van der Waals surface area contributed by atoms with Crippen LogP contribution in [0.5, 0.6) is 11.5 Å². The van der Waals surface area contributed by atoms with Crippen molar-refractivity contribution in [1.29, 1.82) is 0 Å². The van der Waals surface area contributed by atoms with E-state index in [1.165, 1.54) is 13.2 Å². The van der Waals surface area contributed by atoms with Gasteiger partial charge in [0.2, 0.25) is 0 Å². The second-order valence-electron chi connectivity index (χ2n) is 6.29. The summed E-state index contributed by atoms with van der Waals surface area (Å²) in [6.45, 7) is 0.296. The molecule has 0 saturated carbocycles. The molecule has 0 bridgehead atoms. The molecule has 5 nitrogen and oxygen atoms in total. The molecular weight excluding hydrogens is 445 g/mol. The molecule has 1 N–H and O–H groups in total. The van der Waals surface area contributed by atoms with E-state index in [1.807, 2.05) is 18.2 Å². The summed E-state index contributed by atoms with van der Waals surface area (Å²) in [5.41, 5.74) is 1.92. The van der Waals surface area contributed by atoms with Gasteiger partial charge in [-0.3, -0.25) is 4.72 Å². The van der Waals surface area contributed by atoms with E-state index < -0.39 is 10.0 Å².